The highest BCUT2D eigenvalue weighted by Crippen LogP contribution is 2.18. The van der Waals surface area contributed by atoms with Gasteiger partial charge < -0.3 is 9.30 Å². The van der Waals surface area contributed by atoms with E-state index in [1.54, 1.807) is 13.3 Å². The fraction of sp³-hybridized carbons (Fsp3) is 0.308. The number of rotatable bonds is 5. The Morgan fingerprint density at radius 2 is 2.18 bits per heavy atom. The predicted octanol–water partition coefficient (Wildman–Crippen LogP) is 2.87. The number of hydrogen-bond donors (Lipinski definition) is 0. The van der Waals surface area contributed by atoms with Crippen LogP contribution < -0.4 is 4.74 Å². The summed E-state index contributed by atoms with van der Waals surface area (Å²) >= 11 is 5.83. The van der Waals surface area contributed by atoms with Crippen molar-refractivity contribution in [2.75, 3.05) is 7.11 Å². The van der Waals surface area contributed by atoms with Crippen LogP contribution in [0.3, 0.4) is 0 Å². The SMILES string of the molecule is COc1ccccc1CCn1cncc1CCl. The van der Waals surface area contributed by atoms with Gasteiger partial charge >= 0.3 is 0 Å². The molecule has 1 heterocycles. The largest absolute Gasteiger partial charge is 0.496 e. The average Bonchev–Trinajstić information content (AvgIpc) is 2.84. The number of benzene rings is 1. The first-order valence-corrected chi connectivity index (χ1v) is 6.05. The molecular weight excluding hydrogens is 236 g/mol. The second kappa shape index (κ2) is 5.73. The predicted molar refractivity (Wildman–Crippen MR) is 68.5 cm³/mol. The third-order valence-corrected chi connectivity index (χ3v) is 3.02. The number of halogens is 1. The van der Waals surface area contributed by atoms with Crippen molar-refractivity contribution < 1.29 is 4.74 Å². The minimum Gasteiger partial charge on any atom is -0.496 e. The van der Waals surface area contributed by atoms with E-state index < -0.39 is 0 Å². The van der Waals surface area contributed by atoms with Crippen LogP contribution in [0.4, 0.5) is 0 Å². The van der Waals surface area contributed by atoms with Gasteiger partial charge in [-0.15, -0.1) is 11.6 Å². The van der Waals surface area contributed by atoms with Gasteiger partial charge in [-0.2, -0.15) is 0 Å². The Bertz CT molecular complexity index is 482. The Kier molecular flexibility index (Phi) is 4.04. The zero-order valence-electron chi connectivity index (χ0n) is 9.77. The van der Waals surface area contributed by atoms with E-state index in [9.17, 15) is 0 Å². The van der Waals surface area contributed by atoms with Gasteiger partial charge in [0.2, 0.25) is 0 Å². The lowest BCUT2D eigenvalue weighted by Gasteiger charge is -2.09. The molecule has 0 fully saturated rings. The molecule has 0 bridgehead atoms. The van der Waals surface area contributed by atoms with Crippen LogP contribution in [0.25, 0.3) is 0 Å². The highest BCUT2D eigenvalue weighted by atomic mass is 35.5. The number of ether oxygens (including phenoxy) is 1. The molecule has 4 heteroatoms. The van der Waals surface area contributed by atoms with E-state index >= 15 is 0 Å². The van der Waals surface area contributed by atoms with E-state index in [0.29, 0.717) is 5.88 Å². The maximum atomic E-state index is 5.83. The Morgan fingerprint density at radius 3 is 2.94 bits per heavy atom. The van der Waals surface area contributed by atoms with Gasteiger partial charge in [0.1, 0.15) is 5.75 Å². The van der Waals surface area contributed by atoms with Gasteiger partial charge in [-0.3, -0.25) is 0 Å². The molecule has 0 unspecified atom stereocenters. The molecule has 2 aromatic rings. The van der Waals surface area contributed by atoms with Crippen LogP contribution in [-0.4, -0.2) is 16.7 Å². The highest BCUT2D eigenvalue weighted by molar-refractivity contribution is 6.16. The molecule has 17 heavy (non-hydrogen) atoms. The van der Waals surface area contributed by atoms with Crippen LogP contribution in [0.1, 0.15) is 11.3 Å². The van der Waals surface area contributed by atoms with Crippen molar-refractivity contribution in [1.29, 1.82) is 0 Å². The van der Waals surface area contributed by atoms with Gasteiger partial charge in [0.25, 0.3) is 0 Å². The molecule has 0 amide bonds. The van der Waals surface area contributed by atoms with Crippen LogP contribution in [0, 0.1) is 0 Å². The lowest BCUT2D eigenvalue weighted by atomic mass is 10.1. The van der Waals surface area contributed by atoms with Gasteiger partial charge in [0.15, 0.2) is 0 Å². The summed E-state index contributed by atoms with van der Waals surface area (Å²) in [4.78, 5) is 4.10. The van der Waals surface area contributed by atoms with Crippen LogP contribution in [0.15, 0.2) is 36.8 Å². The third kappa shape index (κ3) is 2.80. The molecule has 3 nitrogen and oxygen atoms in total. The van der Waals surface area contributed by atoms with Crippen LogP contribution in [-0.2, 0) is 18.8 Å². The molecule has 1 aromatic carbocycles. The number of alkyl halides is 1. The molecule has 0 aliphatic rings. The van der Waals surface area contributed by atoms with Crippen molar-refractivity contribution in [3.8, 4) is 5.75 Å². The number of methoxy groups -OCH3 is 1. The number of para-hydroxylation sites is 1. The summed E-state index contributed by atoms with van der Waals surface area (Å²) in [5.41, 5.74) is 2.24. The molecule has 0 saturated carbocycles. The summed E-state index contributed by atoms with van der Waals surface area (Å²) in [7, 11) is 1.69. The molecule has 0 aliphatic carbocycles. The number of aryl methyl sites for hydroxylation is 2. The average molecular weight is 251 g/mol. The Morgan fingerprint density at radius 1 is 1.35 bits per heavy atom. The van der Waals surface area contributed by atoms with Crippen LogP contribution in [0.2, 0.25) is 0 Å². The lowest BCUT2D eigenvalue weighted by molar-refractivity contribution is 0.408. The van der Waals surface area contributed by atoms with Crippen molar-refractivity contribution in [3.63, 3.8) is 0 Å². The standard InChI is InChI=1S/C13H15ClN2O/c1-17-13-5-3-2-4-11(13)6-7-16-10-15-9-12(16)8-14/h2-5,9-10H,6-8H2,1H3. The van der Waals surface area contributed by atoms with Crippen LogP contribution in [0.5, 0.6) is 5.75 Å². The Labute approximate surface area is 106 Å². The summed E-state index contributed by atoms with van der Waals surface area (Å²) in [5, 5.41) is 0. The van der Waals surface area contributed by atoms with Gasteiger partial charge in [-0.05, 0) is 18.1 Å². The normalized spacial score (nSPS) is 10.5. The first-order chi connectivity index (χ1) is 8.35. The maximum Gasteiger partial charge on any atom is 0.122 e. The molecule has 0 N–H and O–H groups in total. The quantitative estimate of drug-likeness (QED) is 0.763. The Hall–Kier alpha value is -1.48. The van der Waals surface area contributed by atoms with Crippen molar-refractivity contribution in [1.82, 2.24) is 9.55 Å². The van der Waals surface area contributed by atoms with E-state index in [2.05, 4.69) is 15.6 Å². The van der Waals surface area contributed by atoms with Gasteiger partial charge in [-0.1, -0.05) is 18.2 Å². The smallest absolute Gasteiger partial charge is 0.122 e. The molecule has 2 rings (SSSR count). The van der Waals surface area contributed by atoms with Crippen molar-refractivity contribution in [2.24, 2.45) is 0 Å². The fourth-order valence-corrected chi connectivity index (χ4v) is 2.03. The maximum absolute atomic E-state index is 5.83. The molecule has 90 valence electrons. The first kappa shape index (κ1) is 12.0. The third-order valence-electron chi connectivity index (χ3n) is 2.75. The van der Waals surface area contributed by atoms with E-state index in [1.165, 1.54) is 5.56 Å². The lowest BCUT2D eigenvalue weighted by Crippen LogP contribution is -2.04. The molecule has 0 radical (unpaired) electrons. The van der Waals surface area contributed by atoms with E-state index in [1.807, 2.05) is 24.5 Å². The van der Waals surface area contributed by atoms with Gasteiger partial charge in [0, 0.05) is 12.7 Å². The second-order valence-electron chi connectivity index (χ2n) is 3.77. The fourth-order valence-electron chi connectivity index (χ4n) is 1.81. The first-order valence-electron chi connectivity index (χ1n) is 5.52. The summed E-state index contributed by atoms with van der Waals surface area (Å²) in [6.07, 6.45) is 4.52. The van der Waals surface area contributed by atoms with E-state index in [-0.39, 0.29) is 0 Å². The summed E-state index contributed by atoms with van der Waals surface area (Å²) in [5.74, 6) is 1.42. The Balaban J connectivity index is 2.07. The minimum absolute atomic E-state index is 0.492. The molecule has 0 atom stereocenters. The zero-order valence-corrected chi connectivity index (χ0v) is 10.5. The summed E-state index contributed by atoms with van der Waals surface area (Å²) in [6, 6.07) is 8.06. The number of nitrogens with zero attached hydrogens (tertiary/aromatic N) is 2. The van der Waals surface area contributed by atoms with Crippen molar-refractivity contribution in [3.05, 3.63) is 48.0 Å². The number of hydrogen-bond acceptors (Lipinski definition) is 2. The molecule has 0 saturated heterocycles. The molecule has 0 aliphatic heterocycles. The monoisotopic (exact) mass is 250 g/mol. The second-order valence-corrected chi connectivity index (χ2v) is 4.04. The minimum atomic E-state index is 0.492. The summed E-state index contributed by atoms with van der Waals surface area (Å²) < 4.78 is 7.39. The van der Waals surface area contributed by atoms with Crippen LogP contribution >= 0.6 is 11.6 Å². The molecule has 0 spiro atoms. The number of imidazole rings is 1. The zero-order chi connectivity index (χ0) is 12.1. The highest BCUT2D eigenvalue weighted by Gasteiger charge is 2.04. The summed E-state index contributed by atoms with van der Waals surface area (Å²) in [6.45, 7) is 0.864. The molecular formula is C13H15ClN2O. The van der Waals surface area contributed by atoms with E-state index in [0.717, 1.165) is 24.4 Å². The van der Waals surface area contributed by atoms with E-state index in [4.69, 9.17) is 16.3 Å². The van der Waals surface area contributed by atoms with Crippen molar-refractivity contribution in [2.45, 2.75) is 18.8 Å². The van der Waals surface area contributed by atoms with Gasteiger partial charge in [0.05, 0.1) is 25.0 Å². The molecule has 1 aromatic heterocycles. The van der Waals surface area contributed by atoms with Gasteiger partial charge in [-0.25, -0.2) is 4.98 Å². The number of aromatic nitrogens is 2. The topological polar surface area (TPSA) is 27.1 Å². The van der Waals surface area contributed by atoms with Crippen molar-refractivity contribution >= 4 is 11.6 Å².